The number of alkyl halides is 3. The summed E-state index contributed by atoms with van der Waals surface area (Å²) in [6.07, 6.45) is -3.23. The van der Waals surface area contributed by atoms with Gasteiger partial charge in [-0.2, -0.15) is 0 Å². The first-order valence-corrected chi connectivity index (χ1v) is 8.39. The lowest BCUT2D eigenvalue weighted by Crippen LogP contribution is -2.32. The molecule has 1 unspecified atom stereocenters. The van der Waals surface area contributed by atoms with E-state index in [4.69, 9.17) is 4.74 Å². The molecule has 0 aliphatic carbocycles. The maximum Gasteiger partial charge on any atom is 0.573 e. The Morgan fingerprint density at radius 3 is 2.04 bits per heavy atom. The van der Waals surface area contributed by atoms with Crippen molar-refractivity contribution in [2.45, 2.75) is 25.3 Å². The minimum atomic E-state index is -4.73. The van der Waals surface area contributed by atoms with E-state index in [0.717, 1.165) is 31.5 Å². The normalized spacial score (nSPS) is 16.9. The topological polar surface area (TPSA) is 30.5 Å². The van der Waals surface area contributed by atoms with Crippen LogP contribution in [0.5, 0.6) is 11.5 Å². The summed E-state index contributed by atoms with van der Waals surface area (Å²) < 4.78 is 60.0. The van der Waals surface area contributed by atoms with Crippen molar-refractivity contribution < 1.29 is 27.0 Å². The fourth-order valence-electron chi connectivity index (χ4n) is 3.10. The Morgan fingerprint density at radius 2 is 1.46 bits per heavy atom. The molecule has 2 aromatic carbocycles. The molecule has 7 heteroatoms. The average Bonchev–Trinajstić information content (AvgIpc) is 2.61. The lowest BCUT2D eigenvalue weighted by Gasteiger charge is -2.31. The summed E-state index contributed by atoms with van der Waals surface area (Å²) in [5.74, 6) is 0.0386. The van der Waals surface area contributed by atoms with Crippen LogP contribution >= 0.6 is 0 Å². The first kappa shape index (κ1) is 18.5. The second-order valence-electron chi connectivity index (χ2n) is 6.20. The number of ether oxygens (including phenoxy) is 2. The first-order valence-electron chi connectivity index (χ1n) is 8.39. The van der Waals surface area contributed by atoms with Gasteiger partial charge in [0.15, 0.2) is 0 Å². The van der Waals surface area contributed by atoms with Gasteiger partial charge in [-0.1, -0.05) is 12.1 Å². The molecule has 1 fully saturated rings. The number of hydrogen-bond acceptors (Lipinski definition) is 3. The molecule has 1 N–H and O–H groups in total. The van der Waals surface area contributed by atoms with Crippen LogP contribution in [0.25, 0.3) is 0 Å². The summed E-state index contributed by atoms with van der Waals surface area (Å²) in [6, 6.07) is 11.4. The number of piperidine rings is 1. The zero-order chi connectivity index (χ0) is 18.6. The van der Waals surface area contributed by atoms with Gasteiger partial charge in [-0.15, -0.1) is 13.2 Å². The largest absolute Gasteiger partial charge is 0.573 e. The van der Waals surface area contributed by atoms with Crippen LogP contribution in [0.3, 0.4) is 0 Å². The third-order valence-electron chi connectivity index (χ3n) is 4.33. The average molecular weight is 369 g/mol. The summed E-state index contributed by atoms with van der Waals surface area (Å²) in [7, 11) is 0. The Labute approximate surface area is 148 Å². The third-order valence-corrected chi connectivity index (χ3v) is 4.33. The van der Waals surface area contributed by atoms with E-state index in [0.29, 0.717) is 5.75 Å². The van der Waals surface area contributed by atoms with Crippen LogP contribution in [0.1, 0.15) is 24.5 Å². The van der Waals surface area contributed by atoms with Crippen molar-refractivity contribution in [1.29, 1.82) is 0 Å². The lowest BCUT2D eigenvalue weighted by atomic mass is 9.88. The Kier molecular flexibility index (Phi) is 5.66. The molecule has 0 aromatic heterocycles. The molecule has 1 aliphatic heterocycles. The van der Waals surface area contributed by atoms with Gasteiger partial charge in [-0.3, -0.25) is 0 Å². The monoisotopic (exact) mass is 369 g/mol. The minimum Gasteiger partial charge on any atom is -0.485 e. The number of halogens is 4. The Bertz CT molecular complexity index is 695. The van der Waals surface area contributed by atoms with Gasteiger partial charge in [0.25, 0.3) is 0 Å². The summed E-state index contributed by atoms with van der Waals surface area (Å²) in [5, 5.41) is 3.28. The third kappa shape index (κ3) is 5.11. The van der Waals surface area contributed by atoms with E-state index in [-0.39, 0.29) is 23.6 Å². The highest BCUT2D eigenvalue weighted by Gasteiger charge is 2.31. The van der Waals surface area contributed by atoms with Gasteiger partial charge in [0.1, 0.15) is 23.4 Å². The highest BCUT2D eigenvalue weighted by Crippen LogP contribution is 2.34. The summed E-state index contributed by atoms with van der Waals surface area (Å²) in [5.41, 5.74) is 0.842. The van der Waals surface area contributed by atoms with Crippen LogP contribution in [0.2, 0.25) is 0 Å². The quantitative estimate of drug-likeness (QED) is 0.765. The minimum absolute atomic E-state index is 0.229. The summed E-state index contributed by atoms with van der Waals surface area (Å²) in [4.78, 5) is 0. The molecular formula is C19H19F4NO2. The molecule has 1 heterocycles. The Hall–Kier alpha value is -2.28. The summed E-state index contributed by atoms with van der Waals surface area (Å²) >= 11 is 0. The molecule has 26 heavy (non-hydrogen) atoms. The standard InChI is InChI=1S/C19H19F4NO2/c20-15-3-1-13(2-4-15)18(14-9-11-24-12-10-14)25-16-5-7-17(8-6-16)26-19(21,22)23/h1-8,14,18,24H,9-12H2. The van der Waals surface area contributed by atoms with Crippen LogP contribution in [0, 0.1) is 11.7 Å². The van der Waals surface area contributed by atoms with Crippen molar-refractivity contribution in [1.82, 2.24) is 5.32 Å². The molecule has 0 radical (unpaired) electrons. The zero-order valence-corrected chi connectivity index (χ0v) is 13.9. The van der Waals surface area contributed by atoms with Crippen molar-refractivity contribution in [3.8, 4) is 11.5 Å². The molecule has 140 valence electrons. The van der Waals surface area contributed by atoms with E-state index in [1.165, 1.54) is 36.4 Å². The summed E-state index contributed by atoms with van der Waals surface area (Å²) in [6.45, 7) is 1.73. The predicted molar refractivity (Wildman–Crippen MR) is 88.5 cm³/mol. The van der Waals surface area contributed by atoms with Crippen LogP contribution in [0.15, 0.2) is 48.5 Å². The zero-order valence-electron chi connectivity index (χ0n) is 13.9. The first-order chi connectivity index (χ1) is 12.4. The van der Waals surface area contributed by atoms with Crippen molar-refractivity contribution in [2.75, 3.05) is 13.1 Å². The van der Waals surface area contributed by atoms with Gasteiger partial charge < -0.3 is 14.8 Å². The number of nitrogens with one attached hydrogen (secondary N) is 1. The van der Waals surface area contributed by atoms with Crippen LogP contribution in [-0.2, 0) is 0 Å². The SMILES string of the molecule is Fc1ccc(C(Oc2ccc(OC(F)(F)F)cc2)C2CCNCC2)cc1. The van der Waals surface area contributed by atoms with Crippen molar-refractivity contribution in [2.24, 2.45) is 5.92 Å². The molecule has 0 bridgehead atoms. The Morgan fingerprint density at radius 1 is 0.885 bits per heavy atom. The maximum atomic E-state index is 13.2. The van der Waals surface area contributed by atoms with E-state index in [1.807, 2.05) is 0 Å². The van der Waals surface area contributed by atoms with Gasteiger partial charge in [-0.25, -0.2) is 4.39 Å². The molecule has 0 spiro atoms. The van der Waals surface area contributed by atoms with E-state index in [2.05, 4.69) is 10.1 Å². The highest BCUT2D eigenvalue weighted by atomic mass is 19.4. The molecule has 3 nitrogen and oxygen atoms in total. The molecule has 0 saturated carbocycles. The molecule has 1 aliphatic rings. The predicted octanol–water partition coefficient (Wildman–Crippen LogP) is 4.84. The van der Waals surface area contributed by atoms with Gasteiger partial charge in [0, 0.05) is 5.92 Å². The van der Waals surface area contributed by atoms with Crippen LogP contribution in [-0.4, -0.2) is 19.5 Å². The van der Waals surface area contributed by atoms with Crippen LogP contribution in [0.4, 0.5) is 17.6 Å². The van der Waals surface area contributed by atoms with E-state index in [9.17, 15) is 17.6 Å². The van der Waals surface area contributed by atoms with E-state index < -0.39 is 6.36 Å². The molecule has 0 amide bonds. The van der Waals surface area contributed by atoms with Crippen molar-refractivity contribution >= 4 is 0 Å². The smallest absolute Gasteiger partial charge is 0.485 e. The molecule has 3 rings (SSSR count). The fraction of sp³-hybridized carbons (Fsp3) is 0.368. The Balaban J connectivity index is 1.77. The van der Waals surface area contributed by atoms with Gasteiger partial charge in [0.2, 0.25) is 0 Å². The van der Waals surface area contributed by atoms with Gasteiger partial charge in [-0.05, 0) is 67.9 Å². The van der Waals surface area contributed by atoms with Crippen LogP contribution < -0.4 is 14.8 Å². The molecule has 2 aromatic rings. The van der Waals surface area contributed by atoms with E-state index in [1.54, 1.807) is 12.1 Å². The number of hydrogen-bond donors (Lipinski definition) is 1. The molecular weight excluding hydrogens is 350 g/mol. The lowest BCUT2D eigenvalue weighted by molar-refractivity contribution is -0.274. The van der Waals surface area contributed by atoms with E-state index >= 15 is 0 Å². The second-order valence-corrected chi connectivity index (χ2v) is 6.20. The number of benzene rings is 2. The van der Waals surface area contributed by atoms with Crippen molar-refractivity contribution in [3.63, 3.8) is 0 Å². The fourth-order valence-corrected chi connectivity index (χ4v) is 3.10. The molecule has 1 atom stereocenters. The molecule has 1 saturated heterocycles. The maximum absolute atomic E-state index is 13.2. The van der Waals surface area contributed by atoms with Gasteiger partial charge in [0.05, 0.1) is 0 Å². The highest BCUT2D eigenvalue weighted by molar-refractivity contribution is 5.32. The number of rotatable bonds is 5. The second kappa shape index (κ2) is 7.95. The van der Waals surface area contributed by atoms with Crippen molar-refractivity contribution in [3.05, 3.63) is 59.9 Å². The van der Waals surface area contributed by atoms with Gasteiger partial charge >= 0.3 is 6.36 Å².